The number of aliphatic carboxylic acids is 1. The highest BCUT2D eigenvalue weighted by Crippen LogP contribution is 1.97. The molecule has 0 spiro atoms. The quantitative estimate of drug-likeness (QED) is 0.589. The molecule has 0 heterocycles. The maximum atomic E-state index is 9.00. The van der Waals surface area contributed by atoms with Crippen molar-refractivity contribution in [2.24, 2.45) is 0 Å². The van der Waals surface area contributed by atoms with E-state index in [2.05, 4.69) is 6.92 Å². The first-order chi connectivity index (χ1) is 5.54. The first-order valence-electron chi connectivity index (χ1n) is 4.03. The Labute approximate surface area is 72.8 Å². The van der Waals surface area contributed by atoms with E-state index in [1.54, 1.807) is 0 Å². The molecule has 0 aliphatic rings. The van der Waals surface area contributed by atoms with E-state index in [0.29, 0.717) is 0 Å². The summed E-state index contributed by atoms with van der Waals surface area (Å²) in [6.07, 6.45) is 2.32. The van der Waals surface area contributed by atoms with E-state index in [4.69, 9.17) is 20.1 Å². The molecule has 1 unspecified atom stereocenters. The molecule has 1 atom stereocenters. The molecule has 0 saturated heterocycles. The monoisotopic (exact) mass is 178 g/mol. The second-order valence-electron chi connectivity index (χ2n) is 2.50. The SMILES string of the molecule is CC(=O)O.CCCCC(O)CO. The molecule has 0 rings (SSSR count). The predicted molar refractivity (Wildman–Crippen MR) is 45.9 cm³/mol. The van der Waals surface area contributed by atoms with Crippen LogP contribution < -0.4 is 0 Å². The average molecular weight is 178 g/mol. The van der Waals surface area contributed by atoms with Crippen molar-refractivity contribution in [3.63, 3.8) is 0 Å². The fraction of sp³-hybridized carbons (Fsp3) is 0.875. The summed E-state index contributed by atoms with van der Waals surface area (Å²) in [6, 6.07) is 0. The summed E-state index contributed by atoms with van der Waals surface area (Å²) in [7, 11) is 0. The van der Waals surface area contributed by atoms with Crippen LogP contribution in [-0.2, 0) is 4.79 Å². The highest BCUT2D eigenvalue weighted by Gasteiger charge is 1.97. The first-order valence-corrected chi connectivity index (χ1v) is 4.03. The third-order valence-corrected chi connectivity index (χ3v) is 1.10. The summed E-state index contributed by atoms with van der Waals surface area (Å²) >= 11 is 0. The Hall–Kier alpha value is -0.610. The Balaban J connectivity index is 0. The summed E-state index contributed by atoms with van der Waals surface area (Å²) in [5, 5.41) is 24.5. The smallest absolute Gasteiger partial charge is 0.300 e. The number of hydrogen-bond acceptors (Lipinski definition) is 3. The van der Waals surface area contributed by atoms with E-state index in [-0.39, 0.29) is 6.61 Å². The van der Waals surface area contributed by atoms with Gasteiger partial charge < -0.3 is 15.3 Å². The normalized spacial score (nSPS) is 11.3. The minimum absolute atomic E-state index is 0.0972. The van der Waals surface area contributed by atoms with Crippen LogP contribution in [0.5, 0.6) is 0 Å². The molecule has 0 aromatic rings. The van der Waals surface area contributed by atoms with Gasteiger partial charge in [0.05, 0.1) is 12.7 Å². The van der Waals surface area contributed by atoms with E-state index >= 15 is 0 Å². The van der Waals surface area contributed by atoms with Gasteiger partial charge in [0.15, 0.2) is 0 Å². The molecule has 74 valence electrons. The lowest BCUT2D eigenvalue weighted by molar-refractivity contribution is -0.134. The maximum absolute atomic E-state index is 9.00. The van der Waals surface area contributed by atoms with Gasteiger partial charge in [0.2, 0.25) is 0 Å². The van der Waals surface area contributed by atoms with Crippen LogP contribution in [0.3, 0.4) is 0 Å². The van der Waals surface area contributed by atoms with Crippen molar-refractivity contribution in [1.29, 1.82) is 0 Å². The number of carbonyl (C=O) groups is 1. The van der Waals surface area contributed by atoms with E-state index < -0.39 is 12.1 Å². The Morgan fingerprint density at radius 3 is 2.17 bits per heavy atom. The maximum Gasteiger partial charge on any atom is 0.300 e. The Kier molecular flexibility index (Phi) is 12.1. The van der Waals surface area contributed by atoms with Crippen LogP contribution >= 0.6 is 0 Å². The zero-order chi connectivity index (χ0) is 9.98. The van der Waals surface area contributed by atoms with Gasteiger partial charge in [-0.2, -0.15) is 0 Å². The molecule has 4 nitrogen and oxygen atoms in total. The Morgan fingerprint density at radius 1 is 1.50 bits per heavy atom. The minimum Gasteiger partial charge on any atom is -0.481 e. The fourth-order valence-electron chi connectivity index (χ4n) is 0.531. The van der Waals surface area contributed by atoms with Gasteiger partial charge in [0.25, 0.3) is 5.97 Å². The number of unbranched alkanes of at least 4 members (excludes halogenated alkanes) is 1. The summed E-state index contributed by atoms with van der Waals surface area (Å²) < 4.78 is 0. The average Bonchev–Trinajstić information content (AvgIpc) is 1.99. The largest absolute Gasteiger partial charge is 0.481 e. The molecular formula is C8H18O4. The number of carboxylic acid groups (broad SMARTS) is 1. The molecule has 4 heteroatoms. The molecule has 0 saturated carbocycles. The first kappa shape index (κ1) is 13.9. The third-order valence-electron chi connectivity index (χ3n) is 1.10. The fourth-order valence-corrected chi connectivity index (χ4v) is 0.531. The van der Waals surface area contributed by atoms with Crippen LogP contribution in [0.25, 0.3) is 0 Å². The van der Waals surface area contributed by atoms with E-state index in [0.717, 1.165) is 26.2 Å². The van der Waals surface area contributed by atoms with Crippen molar-refractivity contribution in [2.45, 2.75) is 39.2 Å². The minimum atomic E-state index is -0.833. The van der Waals surface area contributed by atoms with Crippen molar-refractivity contribution >= 4 is 5.97 Å². The molecule has 0 fully saturated rings. The van der Waals surface area contributed by atoms with E-state index in [9.17, 15) is 0 Å². The second kappa shape index (κ2) is 10.4. The van der Waals surface area contributed by atoms with Crippen molar-refractivity contribution in [2.75, 3.05) is 6.61 Å². The molecule has 0 aromatic heterocycles. The van der Waals surface area contributed by atoms with Gasteiger partial charge in [-0.25, -0.2) is 0 Å². The summed E-state index contributed by atoms with van der Waals surface area (Å²) in [5.41, 5.74) is 0. The Bertz CT molecular complexity index is 99.2. The number of hydrogen-bond donors (Lipinski definition) is 3. The van der Waals surface area contributed by atoms with Crippen molar-refractivity contribution in [3.8, 4) is 0 Å². The highest BCUT2D eigenvalue weighted by atomic mass is 16.4. The molecule has 0 radical (unpaired) electrons. The Morgan fingerprint density at radius 2 is 1.92 bits per heavy atom. The van der Waals surface area contributed by atoms with Crippen molar-refractivity contribution < 1.29 is 20.1 Å². The van der Waals surface area contributed by atoms with Crippen LogP contribution in [-0.4, -0.2) is 34.0 Å². The van der Waals surface area contributed by atoms with Crippen molar-refractivity contribution in [1.82, 2.24) is 0 Å². The zero-order valence-electron chi connectivity index (χ0n) is 7.66. The van der Waals surface area contributed by atoms with Crippen LogP contribution in [0.1, 0.15) is 33.1 Å². The molecule has 0 bridgehead atoms. The van der Waals surface area contributed by atoms with Crippen LogP contribution in [0.4, 0.5) is 0 Å². The molecule has 0 aliphatic carbocycles. The van der Waals surface area contributed by atoms with Gasteiger partial charge in [-0.3, -0.25) is 4.79 Å². The van der Waals surface area contributed by atoms with E-state index in [1.807, 2.05) is 0 Å². The second-order valence-corrected chi connectivity index (χ2v) is 2.50. The lowest BCUT2D eigenvalue weighted by Gasteiger charge is -2.02. The topological polar surface area (TPSA) is 77.8 Å². The number of rotatable bonds is 4. The standard InChI is InChI=1S/C6H14O2.C2H4O2/c1-2-3-4-6(8)5-7;1-2(3)4/h6-8H,2-5H2,1H3;1H3,(H,3,4). The zero-order valence-corrected chi connectivity index (χ0v) is 7.66. The van der Waals surface area contributed by atoms with Gasteiger partial charge in [0, 0.05) is 6.92 Å². The lowest BCUT2D eigenvalue weighted by atomic mass is 10.2. The highest BCUT2D eigenvalue weighted by molar-refractivity contribution is 5.62. The number of carboxylic acids is 1. The van der Waals surface area contributed by atoms with Crippen LogP contribution in [0.2, 0.25) is 0 Å². The lowest BCUT2D eigenvalue weighted by Crippen LogP contribution is -2.10. The number of aliphatic hydroxyl groups is 2. The molecule has 0 aromatic carbocycles. The van der Waals surface area contributed by atoms with Gasteiger partial charge in [-0.15, -0.1) is 0 Å². The number of aliphatic hydroxyl groups excluding tert-OH is 2. The summed E-state index contributed by atoms with van der Waals surface area (Å²) in [5.74, 6) is -0.833. The van der Waals surface area contributed by atoms with Gasteiger partial charge >= 0.3 is 0 Å². The molecule has 3 N–H and O–H groups in total. The summed E-state index contributed by atoms with van der Waals surface area (Å²) in [6.45, 7) is 3.05. The van der Waals surface area contributed by atoms with Gasteiger partial charge in [-0.05, 0) is 6.42 Å². The van der Waals surface area contributed by atoms with Crippen LogP contribution in [0.15, 0.2) is 0 Å². The molecule has 0 amide bonds. The molecule has 0 aliphatic heterocycles. The molecule has 12 heavy (non-hydrogen) atoms. The van der Waals surface area contributed by atoms with E-state index in [1.165, 1.54) is 0 Å². The third kappa shape index (κ3) is 22.8. The van der Waals surface area contributed by atoms with Crippen molar-refractivity contribution in [3.05, 3.63) is 0 Å². The van der Waals surface area contributed by atoms with Crippen LogP contribution in [0, 0.1) is 0 Å². The van der Waals surface area contributed by atoms with Gasteiger partial charge in [0.1, 0.15) is 0 Å². The predicted octanol–water partition coefficient (Wildman–Crippen LogP) is 0.621. The molecular weight excluding hydrogens is 160 g/mol. The van der Waals surface area contributed by atoms with Gasteiger partial charge in [-0.1, -0.05) is 19.8 Å². The summed E-state index contributed by atoms with van der Waals surface area (Å²) in [4.78, 5) is 9.00.